The van der Waals surface area contributed by atoms with Crippen molar-refractivity contribution in [3.8, 4) is 0 Å². The molecular weight excluding hydrogens is 270 g/mol. The van der Waals surface area contributed by atoms with Crippen LogP contribution in [0.4, 0.5) is 10.5 Å². The predicted molar refractivity (Wildman–Crippen MR) is 80.1 cm³/mol. The lowest BCUT2D eigenvalue weighted by Gasteiger charge is -2.14. The minimum atomic E-state index is -1.11. The first-order valence-electron chi connectivity index (χ1n) is 6.37. The molecule has 0 aliphatic carbocycles. The van der Waals surface area contributed by atoms with E-state index in [0.29, 0.717) is 5.69 Å². The van der Waals surface area contributed by atoms with E-state index in [1.165, 1.54) is 6.08 Å². The second-order valence-corrected chi connectivity index (χ2v) is 4.39. The van der Waals surface area contributed by atoms with Gasteiger partial charge in [0.15, 0.2) is 0 Å². The number of rotatable bonds is 5. The molecule has 0 bridgehead atoms. The van der Waals surface area contributed by atoms with E-state index < -0.39 is 18.0 Å². The van der Waals surface area contributed by atoms with E-state index in [1.807, 2.05) is 12.1 Å². The van der Waals surface area contributed by atoms with Gasteiger partial charge in [-0.3, -0.25) is 4.98 Å². The number of aromatic nitrogens is 1. The largest absolute Gasteiger partial charge is 0.480 e. The number of benzene rings is 1. The number of aliphatic carboxylic acids is 1. The predicted octanol–water partition coefficient (Wildman–Crippen LogP) is 2.39. The van der Waals surface area contributed by atoms with Gasteiger partial charge in [-0.05, 0) is 30.7 Å². The van der Waals surface area contributed by atoms with Crippen LogP contribution in [0.5, 0.6) is 0 Å². The Hall–Kier alpha value is -2.89. The molecule has 0 spiro atoms. The zero-order valence-electron chi connectivity index (χ0n) is 11.2. The summed E-state index contributed by atoms with van der Waals surface area (Å²) in [5.41, 5.74) is 1.32. The number of carbonyl (C=O) groups is 2. The van der Waals surface area contributed by atoms with Crippen molar-refractivity contribution < 1.29 is 14.7 Å². The quantitative estimate of drug-likeness (QED) is 0.735. The average Bonchev–Trinajstić information content (AvgIpc) is 2.47. The second kappa shape index (κ2) is 6.51. The van der Waals surface area contributed by atoms with Crippen LogP contribution >= 0.6 is 0 Å². The molecule has 6 heteroatoms. The summed E-state index contributed by atoms with van der Waals surface area (Å²) in [4.78, 5) is 27.1. The maximum Gasteiger partial charge on any atom is 0.326 e. The molecule has 21 heavy (non-hydrogen) atoms. The summed E-state index contributed by atoms with van der Waals surface area (Å²) in [6, 6.07) is 7.34. The summed E-state index contributed by atoms with van der Waals surface area (Å²) in [7, 11) is 0. The van der Waals surface area contributed by atoms with Crippen molar-refractivity contribution in [2.45, 2.75) is 12.5 Å². The summed E-state index contributed by atoms with van der Waals surface area (Å²) < 4.78 is 0. The molecule has 1 unspecified atom stereocenters. The first-order valence-corrected chi connectivity index (χ1v) is 6.37. The molecule has 0 radical (unpaired) electrons. The Morgan fingerprint density at radius 2 is 2.14 bits per heavy atom. The number of carboxylic acid groups (broad SMARTS) is 1. The number of urea groups is 1. The van der Waals surface area contributed by atoms with E-state index in [4.69, 9.17) is 5.11 Å². The van der Waals surface area contributed by atoms with Crippen molar-refractivity contribution in [1.29, 1.82) is 0 Å². The summed E-state index contributed by atoms with van der Waals surface area (Å²) in [6.45, 7) is 3.47. The second-order valence-electron chi connectivity index (χ2n) is 4.39. The van der Waals surface area contributed by atoms with Gasteiger partial charge in [-0.25, -0.2) is 9.59 Å². The fourth-order valence-corrected chi connectivity index (χ4v) is 1.92. The van der Waals surface area contributed by atoms with Crippen LogP contribution in [0.3, 0.4) is 0 Å². The number of amides is 2. The Balaban J connectivity index is 2.14. The number of nitrogens with one attached hydrogen (secondary N) is 2. The Bertz CT molecular complexity index is 679. The number of fused-ring (bicyclic) bond motifs is 1. The molecule has 1 heterocycles. The minimum absolute atomic E-state index is 0.153. The van der Waals surface area contributed by atoms with Crippen molar-refractivity contribution in [3.63, 3.8) is 0 Å². The van der Waals surface area contributed by atoms with Crippen LogP contribution in [-0.4, -0.2) is 28.1 Å². The van der Waals surface area contributed by atoms with Gasteiger partial charge < -0.3 is 15.7 Å². The van der Waals surface area contributed by atoms with Gasteiger partial charge in [0.2, 0.25) is 0 Å². The summed E-state index contributed by atoms with van der Waals surface area (Å²) in [5.74, 6) is -1.11. The highest BCUT2D eigenvalue weighted by Crippen LogP contribution is 2.21. The molecule has 0 fully saturated rings. The Kier molecular flexibility index (Phi) is 4.50. The molecule has 1 aromatic heterocycles. The molecule has 0 saturated carbocycles. The summed E-state index contributed by atoms with van der Waals surface area (Å²) >= 11 is 0. The van der Waals surface area contributed by atoms with E-state index in [1.54, 1.807) is 24.4 Å². The van der Waals surface area contributed by atoms with Gasteiger partial charge in [-0.15, -0.1) is 6.58 Å². The van der Waals surface area contributed by atoms with Crippen LogP contribution in [0.2, 0.25) is 0 Å². The van der Waals surface area contributed by atoms with Crippen LogP contribution < -0.4 is 10.6 Å². The van der Waals surface area contributed by atoms with Crippen molar-refractivity contribution >= 4 is 28.6 Å². The number of anilines is 1. The minimum Gasteiger partial charge on any atom is -0.480 e. The van der Waals surface area contributed by atoms with Crippen LogP contribution in [0.1, 0.15) is 6.42 Å². The highest BCUT2D eigenvalue weighted by molar-refractivity contribution is 6.01. The smallest absolute Gasteiger partial charge is 0.326 e. The van der Waals surface area contributed by atoms with Gasteiger partial charge >= 0.3 is 12.0 Å². The third-order valence-corrected chi connectivity index (χ3v) is 2.90. The standard InChI is InChI=1S/C15H15N3O3/c1-2-5-13(14(19)20)18-15(21)17-12-8-3-7-11-10(12)6-4-9-16-11/h2-4,6-9,13H,1,5H2,(H,19,20)(H2,17,18,21). The molecule has 0 saturated heterocycles. The van der Waals surface area contributed by atoms with Gasteiger partial charge in [0, 0.05) is 11.6 Å². The van der Waals surface area contributed by atoms with Gasteiger partial charge in [0.05, 0.1) is 11.2 Å². The number of nitrogens with zero attached hydrogens (tertiary/aromatic N) is 1. The third-order valence-electron chi connectivity index (χ3n) is 2.90. The Morgan fingerprint density at radius 3 is 2.86 bits per heavy atom. The van der Waals surface area contributed by atoms with Gasteiger partial charge in [0.25, 0.3) is 0 Å². The van der Waals surface area contributed by atoms with Gasteiger partial charge in [-0.1, -0.05) is 12.1 Å². The van der Waals surface area contributed by atoms with Gasteiger partial charge in [-0.2, -0.15) is 0 Å². The first-order chi connectivity index (χ1) is 10.1. The molecule has 2 aromatic rings. The molecule has 1 aromatic carbocycles. The molecule has 0 aliphatic rings. The molecule has 3 N–H and O–H groups in total. The highest BCUT2D eigenvalue weighted by atomic mass is 16.4. The van der Waals surface area contributed by atoms with E-state index in [0.717, 1.165) is 10.9 Å². The van der Waals surface area contributed by atoms with Crippen molar-refractivity contribution in [2.75, 3.05) is 5.32 Å². The third kappa shape index (κ3) is 3.56. The number of carboxylic acids is 1. The van der Waals surface area contributed by atoms with Crippen molar-refractivity contribution in [2.24, 2.45) is 0 Å². The van der Waals surface area contributed by atoms with Crippen LogP contribution in [0.15, 0.2) is 49.2 Å². The lowest BCUT2D eigenvalue weighted by Crippen LogP contribution is -2.42. The highest BCUT2D eigenvalue weighted by Gasteiger charge is 2.18. The first kappa shape index (κ1) is 14.5. The zero-order valence-corrected chi connectivity index (χ0v) is 11.2. The lowest BCUT2D eigenvalue weighted by atomic mass is 10.2. The number of carbonyl (C=O) groups excluding carboxylic acids is 1. The zero-order chi connectivity index (χ0) is 15.2. The molecule has 2 rings (SSSR count). The number of pyridine rings is 1. The molecular formula is C15H15N3O3. The van der Waals surface area contributed by atoms with Crippen LogP contribution in [0.25, 0.3) is 10.9 Å². The SMILES string of the molecule is C=CCC(NC(=O)Nc1cccc2ncccc12)C(=O)O. The van der Waals surface area contributed by atoms with Gasteiger partial charge in [0.1, 0.15) is 6.04 Å². The topological polar surface area (TPSA) is 91.3 Å². The Labute approximate surface area is 121 Å². The maximum atomic E-state index is 11.9. The van der Waals surface area contributed by atoms with Crippen molar-refractivity contribution in [3.05, 3.63) is 49.2 Å². The molecule has 108 valence electrons. The van der Waals surface area contributed by atoms with Crippen molar-refractivity contribution in [1.82, 2.24) is 10.3 Å². The van der Waals surface area contributed by atoms with E-state index in [2.05, 4.69) is 22.2 Å². The number of hydrogen-bond acceptors (Lipinski definition) is 3. The van der Waals surface area contributed by atoms with E-state index in [9.17, 15) is 9.59 Å². The Morgan fingerprint density at radius 1 is 1.33 bits per heavy atom. The van der Waals surface area contributed by atoms with Crippen LogP contribution in [0, 0.1) is 0 Å². The molecule has 0 aliphatic heterocycles. The van der Waals surface area contributed by atoms with E-state index >= 15 is 0 Å². The lowest BCUT2D eigenvalue weighted by molar-refractivity contribution is -0.139. The normalized spacial score (nSPS) is 11.6. The summed E-state index contributed by atoms with van der Waals surface area (Å²) in [6.07, 6.45) is 3.26. The molecule has 6 nitrogen and oxygen atoms in total. The monoisotopic (exact) mass is 285 g/mol. The fraction of sp³-hybridized carbons (Fsp3) is 0.133. The van der Waals surface area contributed by atoms with E-state index in [-0.39, 0.29) is 6.42 Å². The molecule has 1 atom stereocenters. The number of hydrogen-bond donors (Lipinski definition) is 3. The average molecular weight is 285 g/mol. The fourth-order valence-electron chi connectivity index (χ4n) is 1.92. The summed E-state index contributed by atoms with van der Waals surface area (Å²) in [5, 5.41) is 14.8. The maximum absolute atomic E-state index is 11.9. The molecule has 2 amide bonds. The van der Waals surface area contributed by atoms with Crippen LogP contribution in [-0.2, 0) is 4.79 Å².